The maximum atomic E-state index is 12.3. The Morgan fingerprint density at radius 1 is 1.25 bits per heavy atom. The molecule has 1 fully saturated rings. The van der Waals surface area contributed by atoms with Crippen molar-refractivity contribution in [3.8, 4) is 0 Å². The minimum atomic E-state index is -0.368. The van der Waals surface area contributed by atoms with Crippen molar-refractivity contribution >= 4 is 22.8 Å². The van der Waals surface area contributed by atoms with Crippen LogP contribution in [-0.2, 0) is 4.74 Å². The monoisotopic (exact) mass is 379 g/mol. The topological polar surface area (TPSA) is 84.0 Å². The van der Waals surface area contributed by atoms with Gasteiger partial charge in [-0.25, -0.2) is 19.7 Å². The van der Waals surface area contributed by atoms with Crippen LogP contribution >= 0.6 is 0 Å². The number of piperidine rings is 1. The number of aromatic amines is 1. The summed E-state index contributed by atoms with van der Waals surface area (Å²) in [6, 6.07) is 6.29. The Morgan fingerprint density at radius 2 is 2.04 bits per heavy atom. The maximum Gasteiger partial charge on any atom is 0.343 e. The summed E-state index contributed by atoms with van der Waals surface area (Å²) in [5.41, 5.74) is 3.76. The molecule has 3 aromatic rings. The normalized spacial score (nSPS) is 15.2. The molecule has 0 amide bonds. The van der Waals surface area contributed by atoms with E-state index in [4.69, 9.17) is 9.72 Å². The van der Waals surface area contributed by atoms with Gasteiger partial charge in [0.25, 0.3) is 0 Å². The van der Waals surface area contributed by atoms with Gasteiger partial charge in [-0.05, 0) is 51.3 Å². The highest BCUT2D eigenvalue weighted by Gasteiger charge is 2.27. The molecule has 146 valence electrons. The maximum absolute atomic E-state index is 12.3. The quantitative estimate of drug-likeness (QED) is 0.698. The van der Waals surface area contributed by atoms with E-state index in [0.717, 1.165) is 42.8 Å². The van der Waals surface area contributed by atoms with Gasteiger partial charge in [-0.2, -0.15) is 0 Å². The number of hydrogen-bond acceptors (Lipinski definition) is 6. The summed E-state index contributed by atoms with van der Waals surface area (Å²) in [6.07, 6.45) is 3.47. The lowest BCUT2D eigenvalue weighted by molar-refractivity contribution is 0.0526. The number of esters is 1. The van der Waals surface area contributed by atoms with Crippen molar-refractivity contribution in [2.24, 2.45) is 0 Å². The number of H-pyrrole nitrogens is 1. The fourth-order valence-corrected chi connectivity index (χ4v) is 3.75. The Balaban J connectivity index is 1.52. The zero-order chi connectivity index (χ0) is 19.7. The Labute approximate surface area is 164 Å². The van der Waals surface area contributed by atoms with E-state index in [-0.39, 0.29) is 5.97 Å². The number of rotatable bonds is 4. The molecule has 3 heterocycles. The lowest BCUT2D eigenvalue weighted by Gasteiger charge is -2.32. The third-order valence-electron chi connectivity index (χ3n) is 5.22. The third kappa shape index (κ3) is 3.56. The molecule has 0 unspecified atom stereocenters. The summed E-state index contributed by atoms with van der Waals surface area (Å²) in [5, 5.41) is 0. The van der Waals surface area contributed by atoms with Crippen LogP contribution in [-0.4, -0.2) is 45.6 Å². The van der Waals surface area contributed by atoms with Gasteiger partial charge in [0, 0.05) is 25.2 Å². The van der Waals surface area contributed by atoms with Crippen LogP contribution in [0.25, 0.3) is 11.0 Å². The molecule has 2 aromatic heterocycles. The average molecular weight is 379 g/mol. The SMILES string of the molecule is CCOC(=O)c1cnc(C)nc1N1CCC(c2nc3ccc(C)cc3[nH]2)CC1. The molecule has 1 saturated heterocycles. The van der Waals surface area contributed by atoms with Crippen molar-refractivity contribution in [1.82, 2.24) is 19.9 Å². The highest BCUT2D eigenvalue weighted by Crippen LogP contribution is 2.31. The first-order valence-corrected chi connectivity index (χ1v) is 9.77. The third-order valence-corrected chi connectivity index (χ3v) is 5.22. The van der Waals surface area contributed by atoms with E-state index in [1.165, 1.54) is 5.56 Å². The Bertz CT molecular complexity index is 1010. The second-order valence-corrected chi connectivity index (χ2v) is 7.28. The first-order chi connectivity index (χ1) is 13.5. The molecule has 0 bridgehead atoms. The van der Waals surface area contributed by atoms with Gasteiger partial charge in [0.15, 0.2) is 0 Å². The van der Waals surface area contributed by atoms with E-state index < -0.39 is 0 Å². The molecule has 0 saturated carbocycles. The van der Waals surface area contributed by atoms with Gasteiger partial charge in [-0.1, -0.05) is 6.07 Å². The summed E-state index contributed by atoms with van der Waals surface area (Å²) in [5.74, 6) is 2.37. The predicted octanol–water partition coefficient (Wildman–Crippen LogP) is 3.53. The van der Waals surface area contributed by atoms with Gasteiger partial charge < -0.3 is 14.6 Å². The first-order valence-electron chi connectivity index (χ1n) is 9.77. The fraction of sp³-hybridized carbons (Fsp3) is 0.429. The van der Waals surface area contributed by atoms with Gasteiger partial charge in [0.05, 0.1) is 17.6 Å². The van der Waals surface area contributed by atoms with Crippen molar-refractivity contribution in [2.45, 2.75) is 39.5 Å². The van der Waals surface area contributed by atoms with Crippen LogP contribution in [0.3, 0.4) is 0 Å². The predicted molar refractivity (Wildman–Crippen MR) is 108 cm³/mol. The Kier molecular flexibility index (Phi) is 4.98. The highest BCUT2D eigenvalue weighted by molar-refractivity contribution is 5.94. The summed E-state index contributed by atoms with van der Waals surface area (Å²) in [6.45, 7) is 7.67. The summed E-state index contributed by atoms with van der Waals surface area (Å²) < 4.78 is 5.17. The Hall–Kier alpha value is -2.96. The van der Waals surface area contributed by atoms with E-state index in [2.05, 4.69) is 45.0 Å². The van der Waals surface area contributed by atoms with Gasteiger partial charge in [-0.15, -0.1) is 0 Å². The number of aryl methyl sites for hydroxylation is 2. The second-order valence-electron chi connectivity index (χ2n) is 7.28. The molecule has 7 heteroatoms. The van der Waals surface area contributed by atoms with Crippen molar-refractivity contribution in [2.75, 3.05) is 24.6 Å². The number of anilines is 1. The number of fused-ring (bicyclic) bond motifs is 1. The number of ether oxygens (including phenoxy) is 1. The van der Waals surface area contributed by atoms with Gasteiger partial charge in [0.2, 0.25) is 0 Å². The van der Waals surface area contributed by atoms with E-state index >= 15 is 0 Å². The van der Waals surface area contributed by atoms with E-state index in [0.29, 0.717) is 29.7 Å². The molecule has 4 rings (SSSR count). The summed E-state index contributed by atoms with van der Waals surface area (Å²) in [7, 11) is 0. The zero-order valence-electron chi connectivity index (χ0n) is 16.5. The summed E-state index contributed by atoms with van der Waals surface area (Å²) >= 11 is 0. The van der Waals surface area contributed by atoms with Crippen LogP contribution < -0.4 is 4.90 Å². The molecule has 1 aliphatic rings. The van der Waals surface area contributed by atoms with Crippen LogP contribution in [0.15, 0.2) is 24.4 Å². The molecule has 0 atom stereocenters. The van der Waals surface area contributed by atoms with Crippen molar-refractivity contribution < 1.29 is 9.53 Å². The van der Waals surface area contributed by atoms with Crippen molar-refractivity contribution in [3.05, 3.63) is 47.2 Å². The molecule has 0 spiro atoms. The summed E-state index contributed by atoms with van der Waals surface area (Å²) in [4.78, 5) is 31.4. The lowest BCUT2D eigenvalue weighted by Crippen LogP contribution is -2.35. The molecule has 1 aromatic carbocycles. The highest BCUT2D eigenvalue weighted by atomic mass is 16.5. The van der Waals surface area contributed by atoms with Crippen molar-refractivity contribution in [3.63, 3.8) is 0 Å². The minimum Gasteiger partial charge on any atom is -0.462 e. The molecular formula is C21H25N5O2. The van der Waals surface area contributed by atoms with Gasteiger partial charge >= 0.3 is 5.97 Å². The van der Waals surface area contributed by atoms with Crippen LogP contribution in [0.5, 0.6) is 0 Å². The standard InChI is InChI=1S/C21H25N5O2/c1-4-28-21(27)16-12-22-14(3)23-20(16)26-9-7-15(8-10-26)19-24-17-6-5-13(2)11-18(17)25-19/h5-6,11-12,15H,4,7-10H2,1-3H3,(H,24,25). The van der Waals surface area contributed by atoms with Crippen LogP contribution in [0.2, 0.25) is 0 Å². The van der Waals surface area contributed by atoms with Crippen LogP contribution in [0.4, 0.5) is 5.82 Å². The smallest absolute Gasteiger partial charge is 0.343 e. The average Bonchev–Trinajstić information content (AvgIpc) is 3.11. The number of imidazole rings is 1. The molecular weight excluding hydrogens is 354 g/mol. The zero-order valence-corrected chi connectivity index (χ0v) is 16.5. The molecule has 1 aliphatic heterocycles. The van der Waals surface area contributed by atoms with E-state index in [1.807, 2.05) is 6.92 Å². The molecule has 1 N–H and O–H groups in total. The molecule has 0 radical (unpaired) electrons. The van der Waals surface area contributed by atoms with Gasteiger partial charge in [0.1, 0.15) is 23.0 Å². The van der Waals surface area contributed by atoms with Crippen LogP contribution in [0, 0.1) is 13.8 Å². The number of nitrogens with zero attached hydrogens (tertiary/aromatic N) is 4. The number of benzene rings is 1. The molecule has 7 nitrogen and oxygen atoms in total. The second kappa shape index (κ2) is 7.58. The number of nitrogens with one attached hydrogen (secondary N) is 1. The van der Waals surface area contributed by atoms with Crippen LogP contribution in [0.1, 0.15) is 53.3 Å². The largest absolute Gasteiger partial charge is 0.462 e. The number of aromatic nitrogens is 4. The Morgan fingerprint density at radius 3 is 2.79 bits per heavy atom. The van der Waals surface area contributed by atoms with E-state index in [9.17, 15) is 4.79 Å². The van der Waals surface area contributed by atoms with Gasteiger partial charge in [-0.3, -0.25) is 0 Å². The number of carbonyl (C=O) groups excluding carboxylic acids is 1. The van der Waals surface area contributed by atoms with Crippen molar-refractivity contribution in [1.29, 1.82) is 0 Å². The molecule has 0 aliphatic carbocycles. The number of carbonyl (C=O) groups is 1. The number of hydrogen-bond donors (Lipinski definition) is 1. The molecule has 28 heavy (non-hydrogen) atoms. The fourth-order valence-electron chi connectivity index (χ4n) is 3.75. The first kappa shape index (κ1) is 18.4. The lowest BCUT2D eigenvalue weighted by atomic mass is 9.96. The van der Waals surface area contributed by atoms with E-state index in [1.54, 1.807) is 13.1 Å². The minimum absolute atomic E-state index is 0.333.